The lowest BCUT2D eigenvalue weighted by Gasteiger charge is -2.12. The van der Waals surface area contributed by atoms with Crippen LogP contribution in [0.25, 0.3) is 11.4 Å². The number of hydrogen-bond acceptors (Lipinski definition) is 1. The van der Waals surface area contributed by atoms with E-state index in [0.29, 0.717) is 5.92 Å². The van der Waals surface area contributed by atoms with Gasteiger partial charge in [0, 0.05) is 24.5 Å². The van der Waals surface area contributed by atoms with Gasteiger partial charge in [0.05, 0.1) is 0 Å². The molecule has 0 spiro atoms. The maximum absolute atomic E-state index is 4.33. The van der Waals surface area contributed by atoms with Crippen molar-refractivity contribution in [3.05, 3.63) is 30.6 Å². The van der Waals surface area contributed by atoms with Gasteiger partial charge >= 0.3 is 0 Å². The molecule has 0 amide bonds. The summed E-state index contributed by atoms with van der Waals surface area (Å²) >= 11 is 0. The van der Waals surface area contributed by atoms with Crippen LogP contribution >= 0.6 is 0 Å². The Hall–Kier alpha value is -1.31. The summed E-state index contributed by atoms with van der Waals surface area (Å²) in [6, 6.07) is 6.22. The third-order valence-corrected chi connectivity index (χ3v) is 2.08. The number of pyridine rings is 1. The molecule has 0 atom stereocenters. The Balaban J connectivity index is 2.40. The summed E-state index contributed by atoms with van der Waals surface area (Å²) in [6.07, 6.45) is 3.96. The molecule has 0 bridgehead atoms. The zero-order valence-corrected chi connectivity index (χ0v) is 8.07. The summed E-state index contributed by atoms with van der Waals surface area (Å²) in [7, 11) is 0. The fourth-order valence-electron chi connectivity index (χ4n) is 1.57. The normalized spacial score (nSPS) is 11.3. The topological polar surface area (TPSA) is 17.8 Å². The minimum Gasteiger partial charge on any atom is -0.332 e. The van der Waals surface area contributed by atoms with Crippen molar-refractivity contribution in [2.45, 2.75) is 20.4 Å². The average Bonchev–Trinajstić information content (AvgIpc) is 2.51. The molecule has 68 valence electrons. The summed E-state index contributed by atoms with van der Waals surface area (Å²) < 4.78 is 2.21. The van der Waals surface area contributed by atoms with Gasteiger partial charge in [-0.3, -0.25) is 0 Å². The van der Waals surface area contributed by atoms with E-state index < -0.39 is 0 Å². The second-order valence-corrected chi connectivity index (χ2v) is 3.78. The molecule has 2 aliphatic rings. The van der Waals surface area contributed by atoms with Crippen LogP contribution in [0.15, 0.2) is 30.6 Å². The number of hydrogen-bond donors (Lipinski definition) is 0. The lowest BCUT2D eigenvalue weighted by molar-refractivity contribution is 0.521. The zero-order valence-electron chi connectivity index (χ0n) is 8.07. The number of rotatable bonds is 2. The fourth-order valence-corrected chi connectivity index (χ4v) is 1.57. The van der Waals surface area contributed by atoms with Crippen LogP contribution in [0.3, 0.4) is 0 Å². The van der Waals surface area contributed by atoms with Crippen molar-refractivity contribution < 1.29 is 0 Å². The predicted octanol–water partition coefficient (Wildman–Crippen LogP) is 2.64. The smallest absolute Gasteiger partial charge is 0.139 e. The molecular weight excluding hydrogens is 160 g/mol. The monoisotopic (exact) mass is 174 g/mol. The van der Waals surface area contributed by atoms with Gasteiger partial charge in [-0.05, 0) is 24.1 Å². The van der Waals surface area contributed by atoms with Crippen LogP contribution in [0.1, 0.15) is 13.8 Å². The quantitative estimate of drug-likeness (QED) is 0.684. The van der Waals surface area contributed by atoms with Crippen LogP contribution in [-0.4, -0.2) is 9.55 Å². The molecule has 0 unspecified atom stereocenters. The molecule has 2 heterocycles. The molecule has 0 aromatic carbocycles. The Bertz CT molecular complexity index is 362. The second-order valence-electron chi connectivity index (χ2n) is 3.78. The lowest BCUT2D eigenvalue weighted by atomic mass is 10.2. The minimum atomic E-state index is 0.660. The van der Waals surface area contributed by atoms with Gasteiger partial charge < -0.3 is 4.57 Å². The molecule has 0 radical (unpaired) electrons. The van der Waals surface area contributed by atoms with Crippen molar-refractivity contribution in [3.8, 4) is 11.4 Å². The molecule has 0 aromatic rings. The fraction of sp³-hybridized carbons (Fsp3) is 0.364. The Morgan fingerprint density at radius 2 is 2.23 bits per heavy atom. The highest BCUT2D eigenvalue weighted by Gasteiger charge is 2.07. The van der Waals surface area contributed by atoms with Crippen molar-refractivity contribution in [3.63, 3.8) is 0 Å². The van der Waals surface area contributed by atoms with Crippen LogP contribution < -0.4 is 0 Å². The molecule has 0 aliphatic carbocycles. The van der Waals surface area contributed by atoms with Crippen molar-refractivity contribution in [1.82, 2.24) is 9.55 Å². The molecule has 2 heteroatoms. The van der Waals surface area contributed by atoms with E-state index in [0.717, 1.165) is 12.4 Å². The van der Waals surface area contributed by atoms with Crippen LogP contribution in [0, 0.1) is 5.92 Å². The Kier molecular flexibility index (Phi) is 2.05. The minimum absolute atomic E-state index is 0.660. The number of aromatic nitrogens is 2. The highest BCUT2D eigenvalue weighted by atomic mass is 15.0. The van der Waals surface area contributed by atoms with Crippen LogP contribution in [0.4, 0.5) is 0 Å². The van der Waals surface area contributed by atoms with E-state index in [1.807, 2.05) is 12.3 Å². The molecule has 0 saturated carbocycles. The summed E-state index contributed by atoms with van der Waals surface area (Å²) in [5, 5.41) is 0. The first kappa shape index (κ1) is 8.30. The summed E-state index contributed by atoms with van der Waals surface area (Å²) in [6.45, 7) is 5.47. The van der Waals surface area contributed by atoms with E-state index in [4.69, 9.17) is 0 Å². The van der Waals surface area contributed by atoms with Crippen molar-refractivity contribution in [1.29, 1.82) is 0 Å². The first-order valence-corrected chi connectivity index (χ1v) is 4.67. The SMILES string of the molecule is CC(C)Cn1cccc2ccnc1-2. The first-order valence-electron chi connectivity index (χ1n) is 4.67. The summed E-state index contributed by atoms with van der Waals surface area (Å²) in [5.74, 6) is 1.75. The molecule has 0 saturated heterocycles. The predicted molar refractivity (Wildman–Crippen MR) is 53.7 cm³/mol. The Morgan fingerprint density at radius 1 is 1.38 bits per heavy atom. The Morgan fingerprint density at radius 3 is 3.00 bits per heavy atom. The van der Waals surface area contributed by atoms with E-state index in [-0.39, 0.29) is 0 Å². The molecule has 0 fully saturated rings. The van der Waals surface area contributed by atoms with Crippen LogP contribution in [0.5, 0.6) is 0 Å². The van der Waals surface area contributed by atoms with E-state index in [1.165, 1.54) is 5.56 Å². The summed E-state index contributed by atoms with van der Waals surface area (Å²) in [5.41, 5.74) is 1.23. The third-order valence-electron chi connectivity index (χ3n) is 2.08. The number of fused-ring (bicyclic) bond motifs is 1. The van der Waals surface area contributed by atoms with Gasteiger partial charge in [-0.25, -0.2) is 4.98 Å². The number of nitrogens with zero attached hydrogens (tertiary/aromatic N) is 2. The molecule has 2 rings (SSSR count). The van der Waals surface area contributed by atoms with Crippen molar-refractivity contribution >= 4 is 0 Å². The van der Waals surface area contributed by atoms with Crippen molar-refractivity contribution in [2.24, 2.45) is 5.92 Å². The van der Waals surface area contributed by atoms with Gasteiger partial charge in [-0.2, -0.15) is 0 Å². The van der Waals surface area contributed by atoms with Crippen LogP contribution in [-0.2, 0) is 6.54 Å². The molecular formula is C11H14N2. The van der Waals surface area contributed by atoms with E-state index >= 15 is 0 Å². The van der Waals surface area contributed by atoms with Crippen molar-refractivity contribution in [2.75, 3.05) is 0 Å². The average molecular weight is 174 g/mol. The second kappa shape index (κ2) is 3.21. The van der Waals surface area contributed by atoms with E-state index in [9.17, 15) is 0 Å². The maximum atomic E-state index is 4.33. The van der Waals surface area contributed by atoms with E-state index in [1.54, 1.807) is 0 Å². The molecule has 2 nitrogen and oxygen atoms in total. The zero-order chi connectivity index (χ0) is 9.26. The van der Waals surface area contributed by atoms with Gasteiger partial charge in [0.1, 0.15) is 5.82 Å². The van der Waals surface area contributed by atoms with Crippen LogP contribution in [0.2, 0.25) is 0 Å². The highest BCUT2D eigenvalue weighted by molar-refractivity contribution is 5.56. The van der Waals surface area contributed by atoms with Gasteiger partial charge in [-0.15, -0.1) is 0 Å². The molecule has 13 heavy (non-hydrogen) atoms. The van der Waals surface area contributed by atoms with Gasteiger partial charge in [0.25, 0.3) is 0 Å². The van der Waals surface area contributed by atoms with E-state index in [2.05, 4.69) is 41.7 Å². The lowest BCUT2D eigenvalue weighted by Crippen LogP contribution is -2.07. The van der Waals surface area contributed by atoms with Gasteiger partial charge in [0.15, 0.2) is 0 Å². The first-order chi connectivity index (χ1) is 6.27. The van der Waals surface area contributed by atoms with Gasteiger partial charge in [-0.1, -0.05) is 13.8 Å². The summed E-state index contributed by atoms with van der Waals surface area (Å²) in [4.78, 5) is 4.33. The molecule has 0 N–H and O–H groups in total. The Labute approximate surface area is 78.6 Å². The highest BCUT2D eigenvalue weighted by Crippen LogP contribution is 2.19. The molecule has 0 aromatic heterocycles. The van der Waals surface area contributed by atoms with Gasteiger partial charge in [0.2, 0.25) is 0 Å². The standard InChI is InChI=1S/C11H14N2/c1-9(2)8-13-7-3-4-10-5-6-12-11(10)13/h3-7,9H,8H2,1-2H3. The maximum Gasteiger partial charge on any atom is 0.139 e. The third kappa shape index (κ3) is 1.57. The molecule has 2 aliphatic heterocycles. The largest absolute Gasteiger partial charge is 0.332 e.